The van der Waals surface area contributed by atoms with E-state index in [0.717, 1.165) is 56.1 Å². The molecule has 1 spiro atoms. The molecular formula is C27H33NO6. The minimum atomic E-state index is -1.07. The van der Waals surface area contributed by atoms with Crippen molar-refractivity contribution in [3.8, 4) is 11.5 Å². The first-order valence-corrected chi connectivity index (χ1v) is 13.2. The quantitative estimate of drug-likeness (QED) is 0.412. The van der Waals surface area contributed by atoms with Crippen LogP contribution in [-0.2, 0) is 26.2 Å². The van der Waals surface area contributed by atoms with Crippen LogP contribution in [0.2, 0.25) is 0 Å². The van der Waals surface area contributed by atoms with E-state index < -0.39 is 23.2 Å². The highest BCUT2D eigenvalue weighted by molar-refractivity contribution is 5.90. The van der Waals surface area contributed by atoms with Crippen molar-refractivity contribution in [2.24, 2.45) is 11.8 Å². The molecule has 6 aliphatic rings. The molecule has 1 unspecified atom stereocenters. The predicted molar refractivity (Wildman–Crippen MR) is 122 cm³/mol. The Hall–Kier alpha value is -2.12. The summed E-state index contributed by atoms with van der Waals surface area (Å²) in [6.07, 6.45) is 7.75. The highest BCUT2D eigenvalue weighted by Gasteiger charge is 2.78. The Bertz CT molecular complexity index is 1080. The van der Waals surface area contributed by atoms with Crippen LogP contribution in [0.3, 0.4) is 0 Å². The summed E-state index contributed by atoms with van der Waals surface area (Å²) in [4.78, 5) is 26.9. The fraction of sp³-hybridized carbons (Fsp3) is 0.704. The Morgan fingerprint density at radius 2 is 1.97 bits per heavy atom. The number of hydrogen-bond donors (Lipinski definition) is 1. The summed E-state index contributed by atoms with van der Waals surface area (Å²) in [5.41, 5.74) is -0.153. The Kier molecular flexibility index (Phi) is 4.34. The summed E-state index contributed by atoms with van der Waals surface area (Å²) >= 11 is 0. The molecule has 0 aromatic heterocycles. The molecule has 0 radical (unpaired) electrons. The number of ketones is 1. The maximum Gasteiger partial charge on any atom is 0.309 e. The third-order valence-corrected chi connectivity index (χ3v) is 10.0. The van der Waals surface area contributed by atoms with Gasteiger partial charge in [0.25, 0.3) is 0 Å². The number of likely N-dealkylation sites (tertiary alicyclic amines) is 1. The molecule has 1 aromatic rings. The van der Waals surface area contributed by atoms with Crippen LogP contribution in [0, 0.1) is 17.0 Å². The lowest BCUT2D eigenvalue weighted by Crippen LogP contribution is -2.81. The molecule has 2 aliphatic heterocycles. The summed E-state index contributed by atoms with van der Waals surface area (Å²) in [6.45, 7) is 0.953. The van der Waals surface area contributed by atoms with Crippen molar-refractivity contribution in [1.82, 2.24) is 0 Å². The first kappa shape index (κ1) is 21.2. The fourth-order valence-corrected chi connectivity index (χ4v) is 8.32. The van der Waals surface area contributed by atoms with Gasteiger partial charge in [0.05, 0.1) is 24.4 Å². The van der Waals surface area contributed by atoms with Gasteiger partial charge in [0.2, 0.25) is 0 Å². The predicted octanol–water partition coefficient (Wildman–Crippen LogP) is 3.67. The molecule has 7 rings (SSSR count). The van der Waals surface area contributed by atoms with Gasteiger partial charge in [0.15, 0.2) is 29.0 Å². The maximum atomic E-state index is 14.6. The van der Waals surface area contributed by atoms with Crippen LogP contribution in [0.4, 0.5) is 0 Å². The second kappa shape index (κ2) is 6.97. The first-order chi connectivity index (χ1) is 16.4. The molecule has 2 heterocycles. The van der Waals surface area contributed by atoms with Crippen molar-refractivity contribution < 1.29 is 28.8 Å². The smallest absolute Gasteiger partial charge is 0.309 e. The molecule has 4 aliphatic carbocycles. The number of hydroxylamine groups is 3. The second-order valence-corrected chi connectivity index (χ2v) is 11.8. The van der Waals surface area contributed by atoms with Gasteiger partial charge < -0.3 is 24.4 Å². The summed E-state index contributed by atoms with van der Waals surface area (Å²) in [5, 5.41) is 25.3. The van der Waals surface area contributed by atoms with Crippen LogP contribution in [0.15, 0.2) is 12.1 Å². The van der Waals surface area contributed by atoms with Crippen molar-refractivity contribution in [2.75, 3.05) is 13.1 Å². The Morgan fingerprint density at radius 1 is 1.18 bits per heavy atom. The van der Waals surface area contributed by atoms with Crippen molar-refractivity contribution in [3.63, 3.8) is 0 Å². The number of nitrogens with zero attached hydrogens (tertiary/aromatic N) is 1. The normalized spacial score (nSPS) is 40.4. The van der Waals surface area contributed by atoms with Gasteiger partial charge in [0.1, 0.15) is 6.04 Å². The van der Waals surface area contributed by atoms with Crippen molar-refractivity contribution in [3.05, 3.63) is 28.5 Å². The zero-order valence-electron chi connectivity index (χ0n) is 19.6. The number of ether oxygens (including phenoxy) is 2. The van der Waals surface area contributed by atoms with Gasteiger partial charge >= 0.3 is 5.97 Å². The fourth-order valence-electron chi connectivity index (χ4n) is 8.32. The van der Waals surface area contributed by atoms with Crippen LogP contribution in [0.25, 0.3) is 0 Å². The lowest BCUT2D eigenvalue weighted by Gasteiger charge is -2.67. The summed E-state index contributed by atoms with van der Waals surface area (Å²) in [6, 6.07) is 3.05. The number of phenols is 1. The van der Waals surface area contributed by atoms with Gasteiger partial charge in [-0.15, -0.1) is 0 Å². The van der Waals surface area contributed by atoms with Gasteiger partial charge in [-0.2, -0.15) is 0 Å². The number of carbonyl (C=O) groups excluding carboxylic acids is 2. The van der Waals surface area contributed by atoms with Crippen molar-refractivity contribution in [2.45, 2.75) is 93.8 Å². The Morgan fingerprint density at radius 3 is 2.74 bits per heavy atom. The topological polar surface area (TPSA) is 95.9 Å². The lowest BCUT2D eigenvalue weighted by molar-refractivity contribution is -0.923. The number of esters is 1. The SMILES string of the molecule is O=C(O[C@@]12CCC(=O)[C@@H]3Oc4c(O)ccc5c4[C@@]31CC[N+]([O-])(CC1CC1)[C@@H]2C5)C1CCCCC1. The highest BCUT2D eigenvalue weighted by Crippen LogP contribution is 2.67. The van der Waals surface area contributed by atoms with Crippen LogP contribution < -0.4 is 4.74 Å². The molecule has 1 N–H and O–H groups in total. The summed E-state index contributed by atoms with van der Waals surface area (Å²) in [5.74, 6) is 0.472. The maximum absolute atomic E-state index is 14.6. The Labute approximate surface area is 199 Å². The lowest BCUT2D eigenvalue weighted by atomic mass is 9.48. The van der Waals surface area contributed by atoms with Gasteiger partial charge in [-0.05, 0) is 37.3 Å². The van der Waals surface area contributed by atoms with E-state index in [9.17, 15) is 19.9 Å². The minimum absolute atomic E-state index is 0.0142. The van der Waals surface area contributed by atoms with Gasteiger partial charge in [-0.1, -0.05) is 25.3 Å². The Balaban J connectivity index is 1.41. The highest BCUT2D eigenvalue weighted by atomic mass is 16.6. The van der Waals surface area contributed by atoms with Crippen LogP contribution in [0.5, 0.6) is 11.5 Å². The van der Waals surface area contributed by atoms with E-state index >= 15 is 0 Å². The zero-order chi connectivity index (χ0) is 23.3. The van der Waals surface area contributed by atoms with E-state index in [1.807, 2.05) is 6.07 Å². The first-order valence-electron chi connectivity index (χ1n) is 13.2. The van der Waals surface area contributed by atoms with E-state index in [4.69, 9.17) is 9.47 Å². The number of phenolic OH excluding ortho intramolecular Hbond substituents is 1. The molecule has 182 valence electrons. The van der Waals surface area contributed by atoms with Gasteiger partial charge in [-0.3, -0.25) is 9.59 Å². The molecule has 4 fully saturated rings. The van der Waals surface area contributed by atoms with E-state index in [0.29, 0.717) is 44.0 Å². The number of aromatic hydroxyl groups is 1. The van der Waals surface area contributed by atoms with Gasteiger partial charge in [-0.25, -0.2) is 0 Å². The zero-order valence-corrected chi connectivity index (χ0v) is 19.6. The minimum Gasteiger partial charge on any atom is -0.632 e. The number of hydrogen-bond acceptors (Lipinski definition) is 6. The molecule has 0 amide bonds. The molecule has 2 bridgehead atoms. The third kappa shape index (κ3) is 2.60. The average molecular weight is 468 g/mol. The number of piperidine rings is 1. The van der Waals surface area contributed by atoms with Crippen LogP contribution in [0.1, 0.15) is 75.3 Å². The number of rotatable bonds is 4. The van der Waals surface area contributed by atoms with Crippen molar-refractivity contribution >= 4 is 11.8 Å². The molecule has 7 nitrogen and oxygen atoms in total. The van der Waals surface area contributed by atoms with E-state index in [2.05, 4.69) is 0 Å². The summed E-state index contributed by atoms with van der Waals surface area (Å²) in [7, 11) is 0. The molecule has 3 saturated carbocycles. The molecule has 34 heavy (non-hydrogen) atoms. The van der Waals surface area contributed by atoms with Crippen LogP contribution >= 0.6 is 0 Å². The number of benzene rings is 1. The van der Waals surface area contributed by atoms with Gasteiger partial charge in [0, 0.05) is 37.2 Å². The average Bonchev–Trinajstić information content (AvgIpc) is 3.56. The second-order valence-electron chi connectivity index (χ2n) is 11.8. The standard InChI is InChI=1S/C27H33NO6/c29-19-9-8-18-14-21-27(34-25(31)17-4-2-1-3-5-17)11-10-20(30)24-26(27,22(18)23(19)33-24)12-13-28(21,32)15-16-6-7-16/h8-9,16-17,21,24,29H,1-7,10-15H2/t21-,24+,26+,27-,28?/m1/s1. The van der Waals surface area contributed by atoms with Crippen molar-refractivity contribution in [1.29, 1.82) is 0 Å². The summed E-state index contributed by atoms with van der Waals surface area (Å²) < 4.78 is 12.5. The number of carbonyl (C=O) groups is 2. The third-order valence-electron chi connectivity index (χ3n) is 10.0. The molecular weight excluding hydrogens is 434 g/mol. The number of Topliss-reactive ketones (excluding diaryl/α,β-unsaturated/α-hetero) is 1. The monoisotopic (exact) mass is 467 g/mol. The molecule has 1 saturated heterocycles. The van der Waals surface area contributed by atoms with E-state index in [1.165, 1.54) is 0 Å². The molecule has 1 aromatic carbocycles. The molecule has 7 heteroatoms. The van der Waals surface area contributed by atoms with Crippen LogP contribution in [-0.4, -0.2) is 52.3 Å². The molecule has 5 atom stereocenters. The van der Waals surface area contributed by atoms with E-state index in [1.54, 1.807) is 6.07 Å². The number of quaternary nitrogens is 1. The largest absolute Gasteiger partial charge is 0.632 e. The van der Waals surface area contributed by atoms with E-state index in [-0.39, 0.29) is 34.5 Å².